The first-order chi connectivity index (χ1) is 8.21. The smallest absolute Gasteiger partial charge is 0.313 e. The molecule has 0 heterocycles. The highest BCUT2D eigenvalue weighted by Crippen LogP contribution is 2.39. The molecule has 1 aromatic carbocycles. The Morgan fingerprint density at radius 1 is 1.56 bits per heavy atom. The Labute approximate surface area is 113 Å². The number of carbonyl (C=O) groups excluding carboxylic acids is 1. The van der Waals surface area contributed by atoms with Crippen molar-refractivity contribution in [3.8, 4) is 5.75 Å². The summed E-state index contributed by atoms with van der Waals surface area (Å²) in [6.45, 7) is 3.14. The summed E-state index contributed by atoms with van der Waals surface area (Å²) < 4.78 is 18.5. The number of rotatable bonds is 3. The molecule has 0 radical (unpaired) electrons. The van der Waals surface area contributed by atoms with Gasteiger partial charge >= 0.3 is 5.97 Å². The second-order valence-electron chi connectivity index (χ2n) is 4.52. The molecule has 3 N–H and O–H groups in total. The molecule has 0 bridgehead atoms. The normalized spacial score (nSPS) is 13.2. The van der Waals surface area contributed by atoms with Crippen LogP contribution in [0.15, 0.2) is 16.6 Å². The summed E-state index contributed by atoms with van der Waals surface area (Å²) in [5.74, 6) is -1.88. The van der Waals surface area contributed by atoms with E-state index in [0.717, 1.165) is 6.07 Å². The molecule has 0 saturated carbocycles. The van der Waals surface area contributed by atoms with Crippen molar-refractivity contribution in [2.75, 3.05) is 7.11 Å². The molecule has 6 heteroatoms. The predicted molar refractivity (Wildman–Crippen MR) is 68.5 cm³/mol. The molecule has 1 atom stereocenters. The first-order valence-corrected chi connectivity index (χ1v) is 6.03. The highest BCUT2D eigenvalue weighted by molar-refractivity contribution is 9.10. The van der Waals surface area contributed by atoms with Gasteiger partial charge in [-0.25, -0.2) is 4.39 Å². The number of nitrogens with two attached hydrogens (primary N) is 1. The Balaban J connectivity index is 3.26. The molecule has 0 aliphatic carbocycles. The maximum atomic E-state index is 13.4. The van der Waals surface area contributed by atoms with E-state index in [9.17, 15) is 14.3 Å². The molecule has 18 heavy (non-hydrogen) atoms. The molecular formula is C12H15BrFNO3. The molecule has 0 aromatic heterocycles. The summed E-state index contributed by atoms with van der Waals surface area (Å²) in [7, 11) is 1.25. The molecule has 0 fully saturated rings. The Morgan fingerprint density at radius 3 is 2.61 bits per heavy atom. The number of hydrogen-bond acceptors (Lipinski definition) is 4. The van der Waals surface area contributed by atoms with E-state index >= 15 is 0 Å². The van der Waals surface area contributed by atoms with Crippen molar-refractivity contribution >= 4 is 21.9 Å². The lowest BCUT2D eigenvalue weighted by molar-refractivity contribution is -0.152. The van der Waals surface area contributed by atoms with Crippen molar-refractivity contribution in [3.05, 3.63) is 28.0 Å². The van der Waals surface area contributed by atoms with Crippen LogP contribution in [-0.4, -0.2) is 18.2 Å². The minimum Gasteiger partial charge on any atom is -0.505 e. The van der Waals surface area contributed by atoms with Crippen molar-refractivity contribution in [1.82, 2.24) is 0 Å². The second-order valence-corrected chi connectivity index (χ2v) is 5.43. The Bertz CT molecular complexity index is 477. The molecule has 1 aromatic rings. The summed E-state index contributed by atoms with van der Waals surface area (Å²) in [5.41, 5.74) is 5.01. The van der Waals surface area contributed by atoms with Gasteiger partial charge in [0.25, 0.3) is 0 Å². The number of carbonyl (C=O) groups is 1. The fourth-order valence-corrected chi connectivity index (χ4v) is 2.05. The van der Waals surface area contributed by atoms with E-state index in [1.54, 1.807) is 13.8 Å². The number of ether oxygens (including phenoxy) is 1. The van der Waals surface area contributed by atoms with Crippen LogP contribution in [0.4, 0.5) is 4.39 Å². The molecule has 0 unspecified atom stereocenters. The standard InChI is InChI=1S/C12H15BrFNO3/c1-12(2,11(17)18-3)10(15)7-4-6(13)5-8(14)9(7)16/h4-5,10,16H,15H2,1-3H3/t10-/m1/s1. The number of benzene rings is 1. The lowest BCUT2D eigenvalue weighted by atomic mass is 9.80. The Hall–Kier alpha value is -1.14. The van der Waals surface area contributed by atoms with E-state index in [0.29, 0.717) is 4.47 Å². The highest BCUT2D eigenvalue weighted by Gasteiger charge is 2.38. The third kappa shape index (κ3) is 2.64. The van der Waals surface area contributed by atoms with Gasteiger partial charge < -0.3 is 15.6 Å². The van der Waals surface area contributed by atoms with Crippen LogP contribution in [0.5, 0.6) is 5.75 Å². The van der Waals surface area contributed by atoms with E-state index in [4.69, 9.17) is 5.73 Å². The number of aromatic hydroxyl groups is 1. The van der Waals surface area contributed by atoms with Gasteiger partial charge in [0.05, 0.1) is 12.5 Å². The number of phenols is 1. The van der Waals surface area contributed by atoms with E-state index < -0.39 is 29.0 Å². The first kappa shape index (κ1) is 14.9. The topological polar surface area (TPSA) is 72.5 Å². The SMILES string of the molecule is COC(=O)C(C)(C)[C@H](N)c1cc(Br)cc(F)c1O. The first-order valence-electron chi connectivity index (χ1n) is 5.23. The van der Waals surface area contributed by atoms with E-state index in [1.807, 2.05) is 0 Å². The summed E-state index contributed by atoms with van der Waals surface area (Å²) in [6, 6.07) is 1.71. The number of halogens is 2. The van der Waals surface area contributed by atoms with Crippen LogP contribution in [0.1, 0.15) is 25.5 Å². The minimum atomic E-state index is -1.08. The summed E-state index contributed by atoms with van der Waals surface area (Å²) in [5, 5.41) is 9.68. The highest BCUT2D eigenvalue weighted by atomic mass is 79.9. The van der Waals surface area contributed by atoms with E-state index in [-0.39, 0.29) is 5.56 Å². The van der Waals surface area contributed by atoms with Crippen LogP contribution >= 0.6 is 15.9 Å². The van der Waals surface area contributed by atoms with Crippen LogP contribution in [0, 0.1) is 11.2 Å². The molecule has 0 amide bonds. The summed E-state index contributed by atoms with van der Waals surface area (Å²) in [4.78, 5) is 11.6. The molecule has 4 nitrogen and oxygen atoms in total. The Kier molecular flexibility index (Phi) is 4.34. The fourth-order valence-electron chi connectivity index (χ4n) is 1.60. The summed E-state index contributed by atoms with van der Waals surface area (Å²) in [6.07, 6.45) is 0. The number of esters is 1. The van der Waals surface area contributed by atoms with E-state index in [2.05, 4.69) is 20.7 Å². The maximum absolute atomic E-state index is 13.4. The average Bonchev–Trinajstić information content (AvgIpc) is 2.31. The van der Waals surface area contributed by atoms with Gasteiger partial charge in [0, 0.05) is 16.1 Å². The van der Waals surface area contributed by atoms with Crippen LogP contribution in [0.25, 0.3) is 0 Å². The maximum Gasteiger partial charge on any atom is 0.313 e. The molecule has 0 saturated heterocycles. The van der Waals surface area contributed by atoms with Gasteiger partial charge in [0.15, 0.2) is 11.6 Å². The van der Waals surface area contributed by atoms with Gasteiger partial charge in [-0.1, -0.05) is 15.9 Å². The second kappa shape index (κ2) is 5.24. The zero-order chi connectivity index (χ0) is 14.1. The van der Waals surface area contributed by atoms with Crippen LogP contribution in [-0.2, 0) is 9.53 Å². The lowest BCUT2D eigenvalue weighted by Crippen LogP contribution is -2.37. The number of phenolic OH excluding ortho intramolecular Hbond substituents is 1. The quantitative estimate of drug-likeness (QED) is 0.839. The van der Waals surface area contributed by atoms with Crippen molar-refractivity contribution in [1.29, 1.82) is 0 Å². The molecule has 0 aliphatic heterocycles. The van der Waals surface area contributed by atoms with Gasteiger partial charge in [-0.2, -0.15) is 0 Å². The van der Waals surface area contributed by atoms with Gasteiger partial charge in [-0.15, -0.1) is 0 Å². The number of hydrogen-bond donors (Lipinski definition) is 2. The Morgan fingerprint density at radius 2 is 2.11 bits per heavy atom. The zero-order valence-corrected chi connectivity index (χ0v) is 11.9. The largest absolute Gasteiger partial charge is 0.505 e. The summed E-state index contributed by atoms with van der Waals surface area (Å²) >= 11 is 3.11. The van der Waals surface area contributed by atoms with Crippen molar-refractivity contribution in [3.63, 3.8) is 0 Å². The molecule has 0 aliphatic rings. The van der Waals surface area contributed by atoms with Crippen LogP contribution in [0.3, 0.4) is 0 Å². The third-order valence-electron chi connectivity index (χ3n) is 2.88. The average molecular weight is 320 g/mol. The van der Waals surface area contributed by atoms with Gasteiger partial charge in [0.1, 0.15) is 0 Å². The zero-order valence-electron chi connectivity index (χ0n) is 10.3. The lowest BCUT2D eigenvalue weighted by Gasteiger charge is -2.29. The van der Waals surface area contributed by atoms with Gasteiger partial charge in [-0.05, 0) is 26.0 Å². The molecule has 1 rings (SSSR count). The minimum absolute atomic E-state index is 0.150. The monoisotopic (exact) mass is 319 g/mol. The van der Waals surface area contributed by atoms with Gasteiger partial charge in [-0.3, -0.25) is 4.79 Å². The molecular weight excluding hydrogens is 305 g/mol. The van der Waals surface area contributed by atoms with Crippen LogP contribution < -0.4 is 5.73 Å². The van der Waals surface area contributed by atoms with E-state index in [1.165, 1.54) is 13.2 Å². The van der Waals surface area contributed by atoms with Crippen LogP contribution in [0.2, 0.25) is 0 Å². The van der Waals surface area contributed by atoms with Gasteiger partial charge in [0.2, 0.25) is 0 Å². The molecule has 0 spiro atoms. The number of methoxy groups -OCH3 is 1. The fraction of sp³-hybridized carbons (Fsp3) is 0.417. The van der Waals surface area contributed by atoms with Crippen molar-refractivity contribution in [2.24, 2.45) is 11.1 Å². The molecule has 100 valence electrons. The third-order valence-corrected chi connectivity index (χ3v) is 3.34. The van der Waals surface area contributed by atoms with Crippen molar-refractivity contribution < 1.29 is 19.0 Å². The predicted octanol–water partition coefficient (Wildman–Crippen LogP) is 2.49. The van der Waals surface area contributed by atoms with Crippen molar-refractivity contribution in [2.45, 2.75) is 19.9 Å².